The van der Waals surface area contributed by atoms with Crippen LogP contribution in [0.5, 0.6) is 5.75 Å². The Balaban J connectivity index is 1.91. The molecular weight excluding hydrogens is 267 g/mol. The third-order valence-corrected chi connectivity index (χ3v) is 3.28. The quantitative estimate of drug-likeness (QED) is 0.861. The van der Waals surface area contributed by atoms with Crippen molar-refractivity contribution >= 4 is 27.5 Å². The van der Waals surface area contributed by atoms with Crippen LogP contribution in [-0.4, -0.2) is 24.2 Å². The summed E-state index contributed by atoms with van der Waals surface area (Å²) in [4.78, 5) is 3.97. The van der Waals surface area contributed by atoms with E-state index in [-0.39, 0.29) is 0 Å². The second-order valence-corrected chi connectivity index (χ2v) is 4.41. The zero-order chi connectivity index (χ0) is 9.97. The molecule has 1 aromatic heterocycles. The van der Waals surface area contributed by atoms with Crippen molar-refractivity contribution in [1.29, 1.82) is 0 Å². The topological polar surface area (TPSA) is 34.1 Å². The highest BCUT2D eigenvalue weighted by Gasteiger charge is 2.16. The van der Waals surface area contributed by atoms with Crippen LogP contribution in [0, 0.1) is 0 Å². The summed E-state index contributed by atoms with van der Waals surface area (Å²) in [6.45, 7) is 1.78. The molecule has 1 aromatic rings. The Morgan fingerprint density at radius 2 is 2.50 bits per heavy atom. The molecule has 0 unspecified atom stereocenters. The summed E-state index contributed by atoms with van der Waals surface area (Å²) in [6.07, 6.45) is 2.81. The Morgan fingerprint density at radius 1 is 1.71 bits per heavy atom. The Morgan fingerprint density at radius 3 is 3.07 bits per heavy atom. The van der Waals surface area contributed by atoms with Crippen molar-refractivity contribution < 1.29 is 4.74 Å². The van der Waals surface area contributed by atoms with Crippen molar-refractivity contribution in [3.05, 3.63) is 21.9 Å². The molecule has 5 heteroatoms. The van der Waals surface area contributed by atoms with Gasteiger partial charge in [-0.25, -0.2) is 4.98 Å². The van der Waals surface area contributed by atoms with E-state index in [1.807, 2.05) is 6.07 Å². The minimum Gasteiger partial charge on any atom is -0.490 e. The fourth-order valence-electron chi connectivity index (χ4n) is 1.17. The van der Waals surface area contributed by atoms with Crippen LogP contribution in [0.1, 0.15) is 6.42 Å². The summed E-state index contributed by atoms with van der Waals surface area (Å²) in [6, 6.07) is 2.32. The van der Waals surface area contributed by atoms with E-state index in [0.29, 0.717) is 17.8 Å². The molecule has 1 N–H and O–H groups in total. The normalized spacial score (nSPS) is 20.3. The van der Waals surface area contributed by atoms with Gasteiger partial charge in [-0.15, -0.1) is 0 Å². The molecular formula is C9H10BrClN2O. The second kappa shape index (κ2) is 4.47. The highest BCUT2D eigenvalue weighted by atomic mass is 79.9. The SMILES string of the molecule is Clc1ncc(OC[C@@H]2CCN2)cc1Br. The highest BCUT2D eigenvalue weighted by Crippen LogP contribution is 2.24. The molecule has 1 aliphatic heterocycles. The average Bonchev–Trinajstić information content (AvgIpc) is 2.08. The van der Waals surface area contributed by atoms with Crippen LogP contribution < -0.4 is 10.1 Å². The van der Waals surface area contributed by atoms with E-state index in [9.17, 15) is 0 Å². The number of halogens is 2. The van der Waals surface area contributed by atoms with E-state index in [2.05, 4.69) is 26.2 Å². The fraction of sp³-hybridized carbons (Fsp3) is 0.444. The van der Waals surface area contributed by atoms with Gasteiger partial charge >= 0.3 is 0 Å². The van der Waals surface area contributed by atoms with E-state index < -0.39 is 0 Å². The molecule has 0 saturated carbocycles. The first-order valence-corrected chi connectivity index (χ1v) is 5.60. The Bertz CT molecular complexity index is 331. The molecule has 14 heavy (non-hydrogen) atoms. The first-order valence-electron chi connectivity index (χ1n) is 4.43. The minimum atomic E-state index is 0.458. The van der Waals surface area contributed by atoms with Crippen molar-refractivity contribution in [3.8, 4) is 5.75 Å². The van der Waals surface area contributed by atoms with Crippen LogP contribution >= 0.6 is 27.5 Å². The van der Waals surface area contributed by atoms with E-state index in [1.165, 1.54) is 6.42 Å². The number of pyridine rings is 1. The van der Waals surface area contributed by atoms with Gasteiger partial charge in [0.05, 0.1) is 10.7 Å². The molecule has 1 fully saturated rings. The lowest BCUT2D eigenvalue weighted by molar-refractivity contribution is 0.217. The van der Waals surface area contributed by atoms with Crippen molar-refractivity contribution in [2.24, 2.45) is 0 Å². The van der Waals surface area contributed by atoms with E-state index in [1.54, 1.807) is 6.20 Å². The molecule has 2 heterocycles. The molecule has 1 saturated heterocycles. The molecule has 3 nitrogen and oxygen atoms in total. The van der Waals surface area contributed by atoms with Gasteiger partial charge in [-0.1, -0.05) is 11.6 Å². The van der Waals surface area contributed by atoms with Crippen LogP contribution in [-0.2, 0) is 0 Å². The third-order valence-electron chi connectivity index (χ3n) is 2.15. The van der Waals surface area contributed by atoms with Crippen LogP contribution in [0.4, 0.5) is 0 Å². The third kappa shape index (κ3) is 2.38. The molecule has 1 aliphatic rings. The van der Waals surface area contributed by atoms with Crippen LogP contribution in [0.3, 0.4) is 0 Å². The van der Waals surface area contributed by atoms with Gasteiger partial charge in [0.1, 0.15) is 17.5 Å². The zero-order valence-electron chi connectivity index (χ0n) is 7.46. The second-order valence-electron chi connectivity index (χ2n) is 3.19. The largest absolute Gasteiger partial charge is 0.490 e. The van der Waals surface area contributed by atoms with Gasteiger partial charge in [0.25, 0.3) is 0 Å². The van der Waals surface area contributed by atoms with Gasteiger partial charge in [0, 0.05) is 6.04 Å². The van der Waals surface area contributed by atoms with Gasteiger partial charge in [0.2, 0.25) is 0 Å². The lowest BCUT2D eigenvalue weighted by Gasteiger charge is -2.27. The smallest absolute Gasteiger partial charge is 0.143 e. The Labute approximate surface area is 95.9 Å². The zero-order valence-corrected chi connectivity index (χ0v) is 9.81. The van der Waals surface area contributed by atoms with Gasteiger partial charge < -0.3 is 10.1 Å². The van der Waals surface area contributed by atoms with Gasteiger partial charge in [0.15, 0.2) is 0 Å². The molecule has 0 aliphatic carbocycles. The molecule has 1 atom stereocenters. The number of hydrogen-bond acceptors (Lipinski definition) is 3. The summed E-state index contributed by atoms with van der Waals surface area (Å²) in [5, 5.41) is 3.72. The molecule has 0 aromatic carbocycles. The maximum Gasteiger partial charge on any atom is 0.143 e. The highest BCUT2D eigenvalue weighted by molar-refractivity contribution is 9.10. The molecule has 0 spiro atoms. The number of hydrogen-bond donors (Lipinski definition) is 1. The minimum absolute atomic E-state index is 0.458. The van der Waals surface area contributed by atoms with Crippen molar-refractivity contribution in [3.63, 3.8) is 0 Å². The predicted molar refractivity (Wildman–Crippen MR) is 58.8 cm³/mol. The number of aromatic nitrogens is 1. The van der Waals surface area contributed by atoms with E-state index in [0.717, 1.165) is 16.8 Å². The van der Waals surface area contributed by atoms with Crippen molar-refractivity contribution in [2.45, 2.75) is 12.5 Å². The number of nitrogens with zero attached hydrogens (tertiary/aromatic N) is 1. The van der Waals surface area contributed by atoms with Crippen molar-refractivity contribution in [2.75, 3.05) is 13.2 Å². The average molecular weight is 278 g/mol. The standard InChI is InChI=1S/C9H10BrClN2O/c10-8-3-7(4-13-9(8)11)14-5-6-1-2-12-6/h3-4,6,12H,1-2,5H2/t6-/m0/s1. The summed E-state index contributed by atoms with van der Waals surface area (Å²) in [7, 11) is 0. The monoisotopic (exact) mass is 276 g/mol. The summed E-state index contributed by atoms with van der Waals surface area (Å²) >= 11 is 9.05. The number of ether oxygens (including phenoxy) is 1. The van der Waals surface area contributed by atoms with Crippen LogP contribution in [0.15, 0.2) is 16.7 Å². The van der Waals surface area contributed by atoms with Gasteiger partial charge in [-0.05, 0) is 35.0 Å². The molecule has 76 valence electrons. The van der Waals surface area contributed by atoms with E-state index in [4.69, 9.17) is 16.3 Å². The number of nitrogens with one attached hydrogen (secondary N) is 1. The predicted octanol–water partition coefficient (Wildman–Crippen LogP) is 2.24. The van der Waals surface area contributed by atoms with Crippen molar-refractivity contribution in [1.82, 2.24) is 10.3 Å². The molecule has 2 rings (SSSR count). The number of rotatable bonds is 3. The fourth-order valence-corrected chi connectivity index (χ4v) is 1.60. The van der Waals surface area contributed by atoms with Gasteiger partial charge in [-0.2, -0.15) is 0 Å². The summed E-state index contributed by atoms with van der Waals surface area (Å²) in [5.74, 6) is 0.745. The Hall–Kier alpha value is -0.320. The van der Waals surface area contributed by atoms with Gasteiger partial charge in [-0.3, -0.25) is 0 Å². The Kier molecular flexibility index (Phi) is 3.26. The van der Waals surface area contributed by atoms with Crippen LogP contribution in [0.25, 0.3) is 0 Å². The summed E-state index contributed by atoms with van der Waals surface area (Å²) < 4.78 is 6.29. The lowest BCUT2D eigenvalue weighted by Crippen LogP contribution is -2.46. The maximum atomic E-state index is 5.76. The first-order chi connectivity index (χ1) is 6.75. The lowest BCUT2D eigenvalue weighted by atomic mass is 10.1. The molecule has 0 amide bonds. The maximum absolute atomic E-state index is 5.76. The molecule has 0 radical (unpaired) electrons. The van der Waals surface area contributed by atoms with Crippen LogP contribution in [0.2, 0.25) is 5.15 Å². The van der Waals surface area contributed by atoms with E-state index >= 15 is 0 Å². The first kappa shape index (κ1) is 10.2. The molecule has 0 bridgehead atoms. The summed E-state index contributed by atoms with van der Waals surface area (Å²) in [5.41, 5.74) is 0.